The van der Waals surface area contributed by atoms with E-state index in [9.17, 15) is 14.4 Å². The van der Waals surface area contributed by atoms with Crippen LogP contribution in [0.1, 0.15) is 12.5 Å². The van der Waals surface area contributed by atoms with Crippen molar-refractivity contribution in [1.82, 2.24) is 15.5 Å². The molecule has 3 amide bonds. The van der Waals surface area contributed by atoms with Gasteiger partial charge in [0, 0.05) is 13.6 Å². The first-order chi connectivity index (χ1) is 10.5. The molecule has 1 aromatic carbocycles. The molecule has 22 heavy (non-hydrogen) atoms. The molecule has 1 aromatic rings. The minimum Gasteiger partial charge on any atom is -0.468 e. The number of ether oxygens (including phenoxy) is 1. The number of carbonyl (C=O) groups excluding carboxylic acids is 3. The molecule has 0 heterocycles. The number of nitrogens with one attached hydrogen (secondary N) is 2. The minimum atomic E-state index is -0.732. The fourth-order valence-corrected chi connectivity index (χ4v) is 1.83. The summed E-state index contributed by atoms with van der Waals surface area (Å²) in [5, 5.41) is 4.96. The van der Waals surface area contributed by atoms with Crippen molar-refractivity contribution in [2.24, 2.45) is 0 Å². The fraction of sp³-hybridized carbons (Fsp3) is 0.400. The van der Waals surface area contributed by atoms with Crippen molar-refractivity contribution in [3.05, 3.63) is 35.9 Å². The van der Waals surface area contributed by atoms with Gasteiger partial charge in [0.2, 0.25) is 5.91 Å². The molecular weight excluding hydrogens is 286 g/mol. The number of amides is 3. The Balaban J connectivity index is 2.76. The van der Waals surface area contributed by atoms with E-state index in [2.05, 4.69) is 15.4 Å². The van der Waals surface area contributed by atoms with Gasteiger partial charge in [-0.3, -0.25) is 9.59 Å². The Morgan fingerprint density at radius 3 is 2.41 bits per heavy atom. The summed E-state index contributed by atoms with van der Waals surface area (Å²) >= 11 is 0. The third-order valence-electron chi connectivity index (χ3n) is 3.15. The van der Waals surface area contributed by atoms with Crippen LogP contribution in [0.5, 0.6) is 0 Å². The van der Waals surface area contributed by atoms with Crippen molar-refractivity contribution < 1.29 is 19.1 Å². The number of methoxy groups -OCH3 is 1. The summed E-state index contributed by atoms with van der Waals surface area (Å²) in [6.45, 7) is 1.66. The third kappa shape index (κ3) is 5.08. The number of hydrogen-bond acceptors (Lipinski definition) is 4. The molecule has 0 saturated heterocycles. The van der Waals surface area contributed by atoms with Gasteiger partial charge < -0.3 is 20.3 Å². The maximum atomic E-state index is 12.1. The van der Waals surface area contributed by atoms with Crippen molar-refractivity contribution in [3.8, 4) is 0 Å². The van der Waals surface area contributed by atoms with Crippen LogP contribution in [0, 0.1) is 0 Å². The average molecular weight is 307 g/mol. The van der Waals surface area contributed by atoms with Crippen LogP contribution >= 0.6 is 0 Å². The quantitative estimate of drug-likeness (QED) is 0.749. The molecule has 1 rings (SSSR count). The molecule has 0 aliphatic carbocycles. The smallest absolute Gasteiger partial charge is 0.325 e. The molecular formula is C15H21N3O4. The number of carbonyl (C=O) groups is 3. The molecule has 0 radical (unpaired) electrons. The Bertz CT molecular complexity index is 519. The van der Waals surface area contributed by atoms with Crippen LogP contribution in [0.3, 0.4) is 0 Å². The largest absolute Gasteiger partial charge is 0.468 e. The number of urea groups is 1. The molecule has 1 atom stereocenters. The Hall–Kier alpha value is -2.57. The summed E-state index contributed by atoms with van der Waals surface area (Å²) in [6.07, 6.45) is 0. The number of nitrogens with zero attached hydrogens (tertiary/aromatic N) is 1. The standard InChI is InChI=1S/C15H21N3O4/c1-11(14(20)17-9-13(19)22-3)18(15(21)16-2)10-12-7-5-4-6-8-12/h4-8,11H,9-10H2,1-3H3,(H,16,21)(H,17,20). The van der Waals surface area contributed by atoms with Crippen LogP contribution in [-0.2, 0) is 20.9 Å². The number of benzene rings is 1. The van der Waals surface area contributed by atoms with E-state index in [1.165, 1.54) is 19.1 Å². The lowest BCUT2D eigenvalue weighted by atomic mass is 10.2. The van der Waals surface area contributed by atoms with E-state index < -0.39 is 17.9 Å². The molecule has 0 fully saturated rings. The minimum absolute atomic E-state index is 0.230. The zero-order chi connectivity index (χ0) is 16.5. The van der Waals surface area contributed by atoms with E-state index in [1.807, 2.05) is 30.3 Å². The third-order valence-corrected chi connectivity index (χ3v) is 3.15. The Morgan fingerprint density at radius 1 is 1.23 bits per heavy atom. The van der Waals surface area contributed by atoms with Crippen LogP contribution in [-0.4, -0.2) is 49.6 Å². The van der Waals surface area contributed by atoms with E-state index in [0.29, 0.717) is 0 Å². The molecule has 0 saturated carbocycles. The van der Waals surface area contributed by atoms with Gasteiger partial charge in [0.05, 0.1) is 7.11 Å². The number of hydrogen-bond donors (Lipinski definition) is 2. The number of rotatable bonds is 6. The first-order valence-corrected chi connectivity index (χ1v) is 6.86. The second kappa shape index (κ2) is 8.66. The van der Waals surface area contributed by atoms with Gasteiger partial charge in [-0.2, -0.15) is 0 Å². The molecule has 0 aliphatic rings. The van der Waals surface area contributed by atoms with Crippen LogP contribution in [0.4, 0.5) is 4.79 Å². The van der Waals surface area contributed by atoms with Crippen LogP contribution in [0.2, 0.25) is 0 Å². The maximum Gasteiger partial charge on any atom is 0.325 e. The summed E-state index contributed by atoms with van der Waals surface area (Å²) in [4.78, 5) is 36.5. The number of esters is 1. The molecule has 0 aliphatic heterocycles. The lowest BCUT2D eigenvalue weighted by molar-refractivity contribution is -0.141. The normalized spacial score (nSPS) is 11.2. The predicted octanol–water partition coefficient (Wildman–Crippen LogP) is 0.506. The van der Waals surface area contributed by atoms with Gasteiger partial charge in [-0.05, 0) is 12.5 Å². The molecule has 0 spiro atoms. The lowest BCUT2D eigenvalue weighted by Gasteiger charge is -2.28. The highest BCUT2D eigenvalue weighted by Crippen LogP contribution is 2.09. The van der Waals surface area contributed by atoms with Gasteiger partial charge in [-0.25, -0.2) is 4.79 Å². The summed E-state index contributed by atoms with van der Waals surface area (Å²) in [5.41, 5.74) is 0.902. The lowest BCUT2D eigenvalue weighted by Crippen LogP contribution is -2.51. The topological polar surface area (TPSA) is 87.7 Å². The van der Waals surface area contributed by atoms with Crippen molar-refractivity contribution in [2.45, 2.75) is 19.5 Å². The van der Waals surface area contributed by atoms with Gasteiger partial charge in [-0.15, -0.1) is 0 Å². The van der Waals surface area contributed by atoms with Gasteiger partial charge in [-0.1, -0.05) is 30.3 Å². The molecule has 7 nitrogen and oxygen atoms in total. The van der Waals surface area contributed by atoms with E-state index >= 15 is 0 Å². The Morgan fingerprint density at radius 2 is 1.86 bits per heavy atom. The summed E-state index contributed by atoms with van der Waals surface area (Å²) in [6, 6.07) is 8.23. The van der Waals surface area contributed by atoms with E-state index in [0.717, 1.165) is 5.56 Å². The van der Waals surface area contributed by atoms with E-state index in [1.54, 1.807) is 6.92 Å². The monoisotopic (exact) mass is 307 g/mol. The molecule has 7 heteroatoms. The van der Waals surface area contributed by atoms with Gasteiger partial charge in [0.15, 0.2) is 0 Å². The Kier molecular flexibility index (Phi) is 6.88. The van der Waals surface area contributed by atoms with Gasteiger partial charge >= 0.3 is 12.0 Å². The van der Waals surface area contributed by atoms with Gasteiger partial charge in [0.25, 0.3) is 0 Å². The summed E-state index contributed by atoms with van der Waals surface area (Å²) < 4.78 is 4.46. The second-order valence-corrected chi connectivity index (χ2v) is 4.64. The summed E-state index contributed by atoms with van der Waals surface area (Å²) in [7, 11) is 2.74. The van der Waals surface area contributed by atoms with Crippen molar-refractivity contribution in [2.75, 3.05) is 20.7 Å². The highest BCUT2D eigenvalue weighted by molar-refractivity contribution is 5.88. The maximum absolute atomic E-state index is 12.1. The summed E-state index contributed by atoms with van der Waals surface area (Å²) in [5.74, 6) is -0.972. The van der Waals surface area contributed by atoms with Crippen LogP contribution in [0.25, 0.3) is 0 Å². The first kappa shape index (κ1) is 17.5. The van der Waals surface area contributed by atoms with E-state index in [4.69, 9.17) is 0 Å². The van der Waals surface area contributed by atoms with Gasteiger partial charge in [0.1, 0.15) is 12.6 Å². The first-order valence-electron chi connectivity index (χ1n) is 6.86. The molecule has 1 unspecified atom stereocenters. The molecule has 0 bridgehead atoms. The zero-order valence-electron chi connectivity index (χ0n) is 13.0. The van der Waals surface area contributed by atoms with E-state index in [-0.39, 0.29) is 19.1 Å². The molecule has 2 N–H and O–H groups in total. The van der Waals surface area contributed by atoms with Crippen LogP contribution < -0.4 is 10.6 Å². The molecule has 0 aromatic heterocycles. The van der Waals surface area contributed by atoms with Crippen molar-refractivity contribution in [1.29, 1.82) is 0 Å². The van der Waals surface area contributed by atoms with Crippen molar-refractivity contribution >= 4 is 17.9 Å². The fourth-order valence-electron chi connectivity index (χ4n) is 1.83. The highest BCUT2D eigenvalue weighted by atomic mass is 16.5. The predicted molar refractivity (Wildman–Crippen MR) is 80.9 cm³/mol. The van der Waals surface area contributed by atoms with Crippen LogP contribution in [0.15, 0.2) is 30.3 Å². The molecule has 120 valence electrons. The zero-order valence-corrected chi connectivity index (χ0v) is 13.0. The Labute approximate surface area is 129 Å². The SMILES string of the molecule is CNC(=O)N(Cc1ccccc1)C(C)C(=O)NCC(=O)OC. The van der Waals surface area contributed by atoms with Crippen molar-refractivity contribution in [3.63, 3.8) is 0 Å². The highest BCUT2D eigenvalue weighted by Gasteiger charge is 2.25. The second-order valence-electron chi connectivity index (χ2n) is 4.64. The average Bonchev–Trinajstić information content (AvgIpc) is 2.56.